The highest BCUT2D eigenvalue weighted by Gasteiger charge is 2.26. The lowest BCUT2D eigenvalue weighted by molar-refractivity contribution is -0.138. The first-order chi connectivity index (χ1) is 18.1. The summed E-state index contributed by atoms with van der Waals surface area (Å²) in [4.78, 5) is 36.8. The zero-order chi connectivity index (χ0) is 27.7. The molecular formula is C24H29ClN6O7S. The number of hydrogen-bond acceptors (Lipinski definition) is 7. The van der Waals surface area contributed by atoms with Crippen LogP contribution in [0.15, 0.2) is 70.5 Å². The lowest BCUT2D eigenvalue weighted by Gasteiger charge is -2.16. The van der Waals surface area contributed by atoms with Crippen LogP contribution in [0.1, 0.15) is 23.2 Å². The van der Waals surface area contributed by atoms with Crippen LogP contribution in [0.5, 0.6) is 5.75 Å². The number of ether oxygens (including phenoxy) is 1. The van der Waals surface area contributed by atoms with Gasteiger partial charge in [0.1, 0.15) is 11.8 Å². The molecule has 15 heteroatoms. The van der Waals surface area contributed by atoms with Crippen molar-refractivity contribution in [1.82, 2.24) is 19.8 Å². The number of nitrogens with one attached hydrogen (secondary N) is 4. The topological polar surface area (TPSA) is 205 Å². The summed E-state index contributed by atoms with van der Waals surface area (Å²) in [5.41, 5.74) is 5.09. The molecule has 0 bridgehead atoms. The Bertz CT molecular complexity index is 1480. The van der Waals surface area contributed by atoms with E-state index in [1.165, 1.54) is 40.9 Å². The minimum Gasteiger partial charge on any atom is -0.492 e. The molecule has 0 saturated carbocycles. The van der Waals surface area contributed by atoms with Crippen molar-refractivity contribution < 1.29 is 27.9 Å². The number of halogens is 1. The molecule has 0 aliphatic heterocycles. The third-order valence-electron chi connectivity index (χ3n) is 5.31. The van der Waals surface area contributed by atoms with Crippen LogP contribution in [0.25, 0.3) is 5.52 Å². The maximum Gasteiger partial charge on any atom is 0.323 e. The number of aliphatic carboxylic acids is 1. The quantitative estimate of drug-likeness (QED) is 0.0945. The van der Waals surface area contributed by atoms with E-state index in [4.69, 9.17) is 15.9 Å². The molecule has 0 aliphatic carbocycles. The van der Waals surface area contributed by atoms with Gasteiger partial charge < -0.3 is 26.2 Å². The molecular weight excluding hydrogens is 552 g/mol. The van der Waals surface area contributed by atoms with Gasteiger partial charge in [-0.05, 0) is 43.2 Å². The number of pyridine rings is 2. The Morgan fingerprint density at radius 2 is 1.79 bits per heavy atom. The van der Waals surface area contributed by atoms with Crippen LogP contribution in [0, 0.1) is 5.41 Å². The number of guanidine groups is 1. The molecule has 0 fully saturated rings. The molecule has 1 amide bonds. The number of rotatable bonds is 13. The van der Waals surface area contributed by atoms with Crippen LogP contribution in [-0.4, -0.2) is 61.5 Å². The van der Waals surface area contributed by atoms with Gasteiger partial charge in [-0.25, -0.2) is 8.42 Å². The maximum absolute atomic E-state index is 12.7. The Morgan fingerprint density at radius 3 is 2.46 bits per heavy atom. The van der Waals surface area contributed by atoms with E-state index in [1.807, 2.05) is 0 Å². The third kappa shape index (κ3) is 8.98. The average molecular weight is 581 g/mol. The summed E-state index contributed by atoms with van der Waals surface area (Å²) in [6, 6.07) is 11.4. The number of hydrogen-bond donors (Lipinski definition) is 6. The summed E-state index contributed by atoms with van der Waals surface area (Å²) in [6.45, 7) is 0.389. The molecule has 0 aliphatic rings. The first-order valence-corrected chi connectivity index (χ1v) is 13.0. The number of benzene rings is 1. The van der Waals surface area contributed by atoms with E-state index < -0.39 is 40.0 Å². The van der Waals surface area contributed by atoms with E-state index in [0.717, 1.165) is 12.5 Å². The maximum atomic E-state index is 12.7. The van der Waals surface area contributed by atoms with Gasteiger partial charge in [0.15, 0.2) is 5.96 Å². The molecule has 0 spiro atoms. The summed E-state index contributed by atoms with van der Waals surface area (Å²) in [6.07, 6.45) is 2.93. The van der Waals surface area contributed by atoms with Crippen molar-refractivity contribution in [2.24, 2.45) is 5.73 Å². The Labute approximate surface area is 230 Å². The van der Waals surface area contributed by atoms with Gasteiger partial charge in [0.05, 0.1) is 17.7 Å². The molecule has 0 saturated heterocycles. The minimum atomic E-state index is -4.14. The Hall–Kier alpha value is -4.14. The van der Waals surface area contributed by atoms with Gasteiger partial charge in [-0.1, -0.05) is 18.2 Å². The fourth-order valence-electron chi connectivity index (χ4n) is 3.39. The molecule has 3 rings (SSSR count). The second-order valence-corrected chi connectivity index (χ2v) is 9.89. The van der Waals surface area contributed by atoms with Gasteiger partial charge in [0.25, 0.3) is 11.5 Å². The second-order valence-electron chi connectivity index (χ2n) is 8.17. The number of unbranched alkanes of at least 4 members (excludes halogenated alkanes) is 1. The van der Waals surface area contributed by atoms with Crippen molar-refractivity contribution in [3.05, 3.63) is 76.7 Å². The number of amides is 1. The zero-order valence-electron chi connectivity index (χ0n) is 20.6. The largest absolute Gasteiger partial charge is 0.492 e. The smallest absolute Gasteiger partial charge is 0.323 e. The van der Waals surface area contributed by atoms with Crippen LogP contribution in [0.2, 0.25) is 0 Å². The van der Waals surface area contributed by atoms with Crippen molar-refractivity contribution in [2.45, 2.75) is 23.8 Å². The van der Waals surface area contributed by atoms with E-state index in [0.29, 0.717) is 30.8 Å². The van der Waals surface area contributed by atoms with Crippen molar-refractivity contribution >= 4 is 45.8 Å². The summed E-state index contributed by atoms with van der Waals surface area (Å²) in [5.74, 6) is -1.87. The first kappa shape index (κ1) is 31.1. The third-order valence-corrected chi connectivity index (χ3v) is 6.79. The normalized spacial score (nSPS) is 11.7. The van der Waals surface area contributed by atoms with Gasteiger partial charge in [-0.2, -0.15) is 4.72 Å². The van der Waals surface area contributed by atoms with Crippen LogP contribution < -0.4 is 31.4 Å². The molecule has 2 heterocycles. The van der Waals surface area contributed by atoms with Crippen LogP contribution in [0.3, 0.4) is 0 Å². The molecule has 39 heavy (non-hydrogen) atoms. The van der Waals surface area contributed by atoms with Crippen molar-refractivity contribution in [3.8, 4) is 5.75 Å². The lowest BCUT2D eigenvalue weighted by atomic mass is 10.2. The zero-order valence-corrected chi connectivity index (χ0v) is 22.3. The van der Waals surface area contributed by atoms with E-state index in [2.05, 4.69) is 15.4 Å². The Balaban J connectivity index is 0.00000533. The molecule has 0 unspecified atom stereocenters. The van der Waals surface area contributed by atoms with Gasteiger partial charge in [0, 0.05) is 30.2 Å². The van der Waals surface area contributed by atoms with E-state index >= 15 is 0 Å². The Morgan fingerprint density at radius 1 is 1.08 bits per heavy atom. The van der Waals surface area contributed by atoms with Gasteiger partial charge in [0.2, 0.25) is 10.0 Å². The molecule has 3 aromatic rings. The second kappa shape index (κ2) is 14.1. The van der Waals surface area contributed by atoms with E-state index in [9.17, 15) is 27.9 Å². The number of nitrogens with zero attached hydrogens (tertiary/aromatic N) is 1. The number of nitrogens with two attached hydrogens (primary N) is 1. The van der Waals surface area contributed by atoms with Gasteiger partial charge in [-0.3, -0.25) is 24.2 Å². The average Bonchev–Trinajstić information content (AvgIpc) is 2.88. The van der Waals surface area contributed by atoms with Crippen molar-refractivity contribution in [2.75, 3.05) is 19.7 Å². The predicted molar refractivity (Wildman–Crippen MR) is 146 cm³/mol. The van der Waals surface area contributed by atoms with Crippen LogP contribution >= 0.6 is 12.4 Å². The highest BCUT2D eigenvalue weighted by Crippen LogP contribution is 2.14. The fraction of sp³-hybridized carbons (Fsp3) is 0.250. The SMILES string of the molecule is Cl.N=C(N)NCCCCOc1ccc2cc(C(=O)NC[C@H](NS(=O)(=O)c3ccccc3)C(=O)O)cc(=O)n2c1. The summed E-state index contributed by atoms with van der Waals surface area (Å²) in [7, 11) is -4.14. The number of sulfonamides is 1. The molecule has 7 N–H and O–H groups in total. The van der Waals surface area contributed by atoms with Gasteiger partial charge >= 0.3 is 5.97 Å². The Kier molecular flexibility index (Phi) is 11.3. The summed E-state index contributed by atoms with van der Waals surface area (Å²) >= 11 is 0. The fourth-order valence-corrected chi connectivity index (χ4v) is 4.60. The molecule has 1 aromatic carbocycles. The highest BCUT2D eigenvalue weighted by atomic mass is 35.5. The number of carbonyl (C=O) groups excluding carboxylic acids is 1. The van der Waals surface area contributed by atoms with Crippen LogP contribution in [-0.2, 0) is 14.8 Å². The summed E-state index contributed by atoms with van der Waals surface area (Å²) < 4.78 is 33.9. The first-order valence-electron chi connectivity index (χ1n) is 11.5. The van der Waals surface area contributed by atoms with Crippen molar-refractivity contribution in [3.63, 3.8) is 0 Å². The van der Waals surface area contributed by atoms with Gasteiger partial charge in [-0.15, -0.1) is 12.4 Å². The van der Waals surface area contributed by atoms with Crippen LogP contribution in [0.4, 0.5) is 0 Å². The predicted octanol–water partition coefficient (Wildman–Crippen LogP) is 0.525. The standard InChI is InChI=1S/C24H28N6O7S.ClH/c25-24(26)27-10-4-5-11-37-18-9-8-17-12-16(13-21(31)30(17)15-18)22(32)28-14-20(23(33)34)29-38(35,36)19-6-2-1-3-7-19;/h1-3,6-9,12-13,15,20,29H,4-5,10-11,14H2,(H,28,32)(H,33,34)(H4,25,26,27);1H/t20-;/m0./s1. The number of aromatic nitrogens is 1. The molecule has 2 aromatic heterocycles. The number of carboxylic acid groups (broad SMARTS) is 1. The molecule has 210 valence electrons. The molecule has 0 radical (unpaired) electrons. The number of carbonyl (C=O) groups is 2. The lowest BCUT2D eigenvalue weighted by Crippen LogP contribution is -2.48. The van der Waals surface area contributed by atoms with E-state index in [1.54, 1.807) is 18.2 Å². The summed E-state index contributed by atoms with van der Waals surface area (Å²) in [5, 5.41) is 21.6. The minimum absolute atomic E-state index is 0. The molecule has 13 nitrogen and oxygen atoms in total. The highest BCUT2D eigenvalue weighted by molar-refractivity contribution is 7.89. The number of fused-ring (bicyclic) bond motifs is 1. The van der Waals surface area contributed by atoms with E-state index in [-0.39, 0.29) is 28.8 Å². The monoisotopic (exact) mass is 580 g/mol. The van der Waals surface area contributed by atoms with Crippen molar-refractivity contribution in [1.29, 1.82) is 5.41 Å². The molecule has 1 atom stereocenters. The number of carboxylic acids is 1.